The zero-order valence-corrected chi connectivity index (χ0v) is 18.4. The van der Waals surface area contributed by atoms with Gasteiger partial charge in [-0.1, -0.05) is 26.0 Å². The molecule has 6 nitrogen and oxygen atoms in total. The van der Waals surface area contributed by atoms with Crippen molar-refractivity contribution in [1.82, 2.24) is 9.80 Å². The molecule has 0 spiro atoms. The molecular weight excluding hydrogens is 378 g/mol. The number of piperidine rings is 1. The highest BCUT2D eigenvalue weighted by atomic mass is 16.2. The van der Waals surface area contributed by atoms with Gasteiger partial charge in [-0.2, -0.15) is 0 Å². The molecule has 1 aromatic rings. The standard InChI is InChI=1S/C24H33N3O3/c1-17(2)19-10-6-7-15-25(19)21(28)12-8-16-26-23(30)18-9-4-5-11-20(18)27-22(29)13-14-24(26,27)3/h4-5,9,11,17,19H,6-8,10,12-16H2,1-3H3. The predicted octanol–water partition coefficient (Wildman–Crippen LogP) is 3.80. The van der Waals surface area contributed by atoms with Crippen molar-refractivity contribution in [3.63, 3.8) is 0 Å². The van der Waals surface area contributed by atoms with Gasteiger partial charge in [0.1, 0.15) is 5.66 Å². The van der Waals surface area contributed by atoms with Crippen LogP contribution in [0.25, 0.3) is 0 Å². The summed E-state index contributed by atoms with van der Waals surface area (Å²) in [6.07, 6.45) is 5.48. The molecule has 2 saturated heterocycles. The normalized spacial score (nSPS) is 26.3. The summed E-state index contributed by atoms with van der Waals surface area (Å²) in [5.74, 6) is 0.685. The predicted molar refractivity (Wildman–Crippen MR) is 116 cm³/mol. The third-order valence-corrected chi connectivity index (χ3v) is 7.16. The van der Waals surface area contributed by atoms with Gasteiger partial charge in [-0.15, -0.1) is 0 Å². The summed E-state index contributed by atoms with van der Waals surface area (Å²) < 4.78 is 0. The molecule has 0 radical (unpaired) electrons. The fourth-order valence-corrected chi connectivity index (χ4v) is 5.53. The molecule has 0 aliphatic carbocycles. The van der Waals surface area contributed by atoms with Gasteiger partial charge in [-0.25, -0.2) is 0 Å². The van der Waals surface area contributed by atoms with Crippen LogP contribution in [0.1, 0.15) is 76.1 Å². The van der Waals surface area contributed by atoms with Gasteiger partial charge in [-0.05, 0) is 57.1 Å². The number of nitrogens with zero attached hydrogens (tertiary/aromatic N) is 3. The van der Waals surface area contributed by atoms with Crippen molar-refractivity contribution in [2.24, 2.45) is 5.92 Å². The number of rotatable bonds is 5. The van der Waals surface area contributed by atoms with Gasteiger partial charge in [0.15, 0.2) is 0 Å². The van der Waals surface area contributed by atoms with Crippen LogP contribution in [0.4, 0.5) is 5.69 Å². The zero-order chi connectivity index (χ0) is 21.5. The van der Waals surface area contributed by atoms with E-state index in [2.05, 4.69) is 18.7 Å². The first-order valence-corrected chi connectivity index (χ1v) is 11.4. The topological polar surface area (TPSA) is 60.9 Å². The first-order chi connectivity index (χ1) is 14.3. The van der Waals surface area contributed by atoms with E-state index in [0.717, 1.165) is 19.4 Å². The van der Waals surface area contributed by atoms with Gasteiger partial charge in [0.05, 0.1) is 11.3 Å². The van der Waals surface area contributed by atoms with Crippen LogP contribution in [0.15, 0.2) is 24.3 Å². The molecule has 2 unspecified atom stereocenters. The van der Waals surface area contributed by atoms with E-state index in [-0.39, 0.29) is 17.7 Å². The first kappa shape index (κ1) is 20.9. The van der Waals surface area contributed by atoms with Crippen molar-refractivity contribution in [3.05, 3.63) is 29.8 Å². The van der Waals surface area contributed by atoms with Crippen molar-refractivity contribution >= 4 is 23.4 Å². The van der Waals surface area contributed by atoms with Crippen LogP contribution in [-0.4, -0.2) is 52.3 Å². The Kier molecular flexibility index (Phi) is 5.60. The molecule has 0 aromatic heterocycles. The number of para-hydroxylation sites is 1. The number of benzene rings is 1. The van der Waals surface area contributed by atoms with E-state index in [4.69, 9.17) is 0 Å². The zero-order valence-electron chi connectivity index (χ0n) is 18.4. The third kappa shape index (κ3) is 3.40. The average Bonchev–Trinajstić information content (AvgIpc) is 3.05. The number of anilines is 1. The number of hydrogen-bond donors (Lipinski definition) is 0. The molecule has 1 aromatic carbocycles. The Balaban J connectivity index is 1.47. The summed E-state index contributed by atoms with van der Waals surface area (Å²) in [5.41, 5.74) is 0.650. The maximum atomic E-state index is 13.3. The van der Waals surface area contributed by atoms with Crippen LogP contribution in [0, 0.1) is 5.92 Å². The second-order valence-electron chi connectivity index (χ2n) is 9.42. The number of likely N-dealkylation sites (tertiary alicyclic amines) is 1. The molecule has 0 bridgehead atoms. The van der Waals surface area contributed by atoms with E-state index in [1.165, 1.54) is 6.42 Å². The van der Waals surface area contributed by atoms with Crippen LogP contribution in [0.3, 0.4) is 0 Å². The molecule has 4 rings (SSSR count). The number of fused-ring (bicyclic) bond motifs is 3. The Hall–Kier alpha value is -2.37. The minimum atomic E-state index is -0.642. The molecule has 162 valence electrons. The Bertz CT molecular complexity index is 852. The lowest BCUT2D eigenvalue weighted by atomic mass is 9.92. The molecular formula is C24H33N3O3. The molecule has 30 heavy (non-hydrogen) atoms. The molecule has 3 aliphatic heterocycles. The number of carbonyl (C=O) groups excluding carboxylic acids is 3. The fraction of sp³-hybridized carbons (Fsp3) is 0.625. The molecule has 3 amide bonds. The average molecular weight is 412 g/mol. The lowest BCUT2D eigenvalue weighted by Crippen LogP contribution is -2.62. The first-order valence-electron chi connectivity index (χ1n) is 11.4. The maximum Gasteiger partial charge on any atom is 0.257 e. The summed E-state index contributed by atoms with van der Waals surface area (Å²) in [5, 5.41) is 0. The van der Waals surface area contributed by atoms with E-state index in [1.54, 1.807) is 11.0 Å². The maximum absolute atomic E-state index is 13.3. The molecule has 2 fully saturated rings. The van der Waals surface area contributed by atoms with Crippen LogP contribution < -0.4 is 4.90 Å². The Morgan fingerprint density at radius 3 is 2.73 bits per heavy atom. The van der Waals surface area contributed by atoms with Crippen LogP contribution >= 0.6 is 0 Å². The van der Waals surface area contributed by atoms with E-state index >= 15 is 0 Å². The van der Waals surface area contributed by atoms with E-state index in [1.807, 2.05) is 30.0 Å². The number of carbonyl (C=O) groups is 3. The summed E-state index contributed by atoms with van der Waals surface area (Å²) in [4.78, 5) is 44.6. The van der Waals surface area contributed by atoms with Gasteiger partial charge in [0.25, 0.3) is 5.91 Å². The minimum absolute atomic E-state index is 0.0375. The number of amides is 3. The van der Waals surface area contributed by atoms with Crippen molar-refractivity contribution < 1.29 is 14.4 Å². The Morgan fingerprint density at radius 2 is 1.97 bits per heavy atom. The van der Waals surface area contributed by atoms with E-state index < -0.39 is 5.66 Å². The molecule has 0 N–H and O–H groups in total. The lowest BCUT2D eigenvalue weighted by Gasteiger charge is -2.48. The van der Waals surface area contributed by atoms with Crippen LogP contribution in [0.5, 0.6) is 0 Å². The van der Waals surface area contributed by atoms with Crippen LogP contribution in [-0.2, 0) is 9.59 Å². The van der Waals surface area contributed by atoms with Gasteiger partial charge in [-0.3, -0.25) is 19.3 Å². The molecule has 6 heteroatoms. The summed E-state index contributed by atoms with van der Waals surface area (Å²) in [7, 11) is 0. The Morgan fingerprint density at radius 1 is 1.20 bits per heavy atom. The van der Waals surface area contributed by atoms with Crippen LogP contribution in [0.2, 0.25) is 0 Å². The highest BCUT2D eigenvalue weighted by Crippen LogP contribution is 2.44. The second-order valence-corrected chi connectivity index (χ2v) is 9.42. The summed E-state index contributed by atoms with van der Waals surface area (Å²) in [6, 6.07) is 7.69. The molecule has 0 saturated carbocycles. The van der Waals surface area contributed by atoms with Crippen molar-refractivity contribution in [2.75, 3.05) is 18.0 Å². The van der Waals surface area contributed by atoms with E-state index in [0.29, 0.717) is 55.4 Å². The minimum Gasteiger partial charge on any atom is -0.339 e. The van der Waals surface area contributed by atoms with Gasteiger partial charge >= 0.3 is 0 Å². The largest absolute Gasteiger partial charge is 0.339 e. The van der Waals surface area contributed by atoms with Crippen molar-refractivity contribution in [1.29, 1.82) is 0 Å². The van der Waals surface area contributed by atoms with Gasteiger partial charge < -0.3 is 9.80 Å². The smallest absolute Gasteiger partial charge is 0.257 e. The lowest BCUT2D eigenvalue weighted by molar-refractivity contribution is -0.136. The quantitative estimate of drug-likeness (QED) is 0.740. The van der Waals surface area contributed by atoms with Crippen molar-refractivity contribution in [2.45, 2.75) is 77.4 Å². The highest BCUT2D eigenvalue weighted by molar-refractivity contribution is 6.10. The molecule has 3 heterocycles. The van der Waals surface area contributed by atoms with Gasteiger partial charge in [0, 0.05) is 32.0 Å². The SMILES string of the molecule is CC(C)C1CCCCN1C(=O)CCCN1C(=O)c2ccccc2N2C(=O)CCC12C. The molecule has 2 atom stereocenters. The van der Waals surface area contributed by atoms with E-state index in [9.17, 15) is 14.4 Å². The van der Waals surface area contributed by atoms with Crippen molar-refractivity contribution in [3.8, 4) is 0 Å². The van der Waals surface area contributed by atoms with Gasteiger partial charge in [0.2, 0.25) is 11.8 Å². The molecule has 3 aliphatic rings. The highest BCUT2D eigenvalue weighted by Gasteiger charge is 2.52. The summed E-state index contributed by atoms with van der Waals surface area (Å²) in [6.45, 7) is 7.68. The monoisotopic (exact) mass is 411 g/mol. The second kappa shape index (κ2) is 8.05. The summed E-state index contributed by atoms with van der Waals surface area (Å²) >= 11 is 0. The Labute approximate surface area is 179 Å². The number of hydrogen-bond acceptors (Lipinski definition) is 3. The fourth-order valence-electron chi connectivity index (χ4n) is 5.53. The third-order valence-electron chi connectivity index (χ3n) is 7.16.